The third-order valence-electron chi connectivity index (χ3n) is 3.70. The van der Waals surface area contributed by atoms with E-state index in [0.29, 0.717) is 17.0 Å². The summed E-state index contributed by atoms with van der Waals surface area (Å²) in [6.45, 7) is 5.34. The number of ether oxygens (including phenoxy) is 1. The van der Waals surface area contributed by atoms with Gasteiger partial charge in [0.05, 0.1) is 18.6 Å². The molecule has 0 radical (unpaired) electrons. The maximum absolute atomic E-state index is 13.2. The Morgan fingerprint density at radius 3 is 2.81 bits per heavy atom. The zero-order valence-electron chi connectivity index (χ0n) is 15.0. The standard InChI is InChI=1S/C18H21FN4O4/c1-11(18-20-21-22-23(18)3)4-5-13(24)9-14(25)10-17(26)27-15-6-7-16(19)12(2)8-15/h4-8,13-14,24-25H,1,9-10H2,2-3H3. The zero-order chi connectivity index (χ0) is 20.0. The van der Waals surface area contributed by atoms with Gasteiger partial charge in [-0.3, -0.25) is 4.79 Å². The molecule has 0 aliphatic heterocycles. The van der Waals surface area contributed by atoms with Crippen molar-refractivity contribution in [1.82, 2.24) is 20.2 Å². The minimum absolute atomic E-state index is 0.0710. The van der Waals surface area contributed by atoms with E-state index in [1.807, 2.05) is 0 Å². The number of carbonyl (C=O) groups excluding carboxylic acids is 1. The molecular formula is C18H21FN4O4. The molecule has 0 saturated heterocycles. The first-order valence-electron chi connectivity index (χ1n) is 8.19. The predicted octanol–water partition coefficient (Wildman–Crippen LogP) is 1.33. The third-order valence-corrected chi connectivity index (χ3v) is 3.70. The van der Waals surface area contributed by atoms with Crippen molar-refractivity contribution in [2.24, 2.45) is 7.05 Å². The molecule has 144 valence electrons. The summed E-state index contributed by atoms with van der Waals surface area (Å²) in [5, 5.41) is 30.9. The van der Waals surface area contributed by atoms with Gasteiger partial charge in [-0.05, 0) is 41.1 Å². The van der Waals surface area contributed by atoms with Crippen LogP contribution in [-0.2, 0) is 11.8 Å². The van der Waals surface area contributed by atoms with Crippen LogP contribution in [0.5, 0.6) is 5.75 Å². The molecule has 2 N–H and O–H groups in total. The van der Waals surface area contributed by atoms with Crippen molar-refractivity contribution < 1.29 is 24.1 Å². The Balaban J connectivity index is 1.81. The number of aryl methyl sites for hydroxylation is 2. The number of halogens is 1. The van der Waals surface area contributed by atoms with E-state index in [9.17, 15) is 19.4 Å². The second-order valence-electron chi connectivity index (χ2n) is 6.06. The minimum atomic E-state index is -1.11. The van der Waals surface area contributed by atoms with Crippen LogP contribution in [-0.4, -0.2) is 48.6 Å². The summed E-state index contributed by atoms with van der Waals surface area (Å²) in [5.74, 6) is -0.444. The zero-order valence-corrected chi connectivity index (χ0v) is 15.0. The highest BCUT2D eigenvalue weighted by molar-refractivity contribution is 5.73. The number of hydrogen-bond acceptors (Lipinski definition) is 7. The summed E-state index contributed by atoms with van der Waals surface area (Å²) in [7, 11) is 1.66. The molecule has 1 aromatic heterocycles. The van der Waals surface area contributed by atoms with Gasteiger partial charge in [-0.1, -0.05) is 18.7 Å². The minimum Gasteiger partial charge on any atom is -0.426 e. The number of benzene rings is 1. The molecule has 0 amide bonds. The smallest absolute Gasteiger partial charge is 0.313 e. The van der Waals surface area contributed by atoms with Crippen LogP contribution in [0.25, 0.3) is 5.57 Å². The lowest BCUT2D eigenvalue weighted by Gasteiger charge is -2.13. The molecule has 0 aliphatic carbocycles. The van der Waals surface area contributed by atoms with Crippen molar-refractivity contribution in [2.45, 2.75) is 32.0 Å². The lowest BCUT2D eigenvalue weighted by Crippen LogP contribution is -2.22. The summed E-state index contributed by atoms with van der Waals surface area (Å²) >= 11 is 0. The number of rotatable bonds is 8. The molecule has 0 bridgehead atoms. The summed E-state index contributed by atoms with van der Waals surface area (Å²) in [6.07, 6.45) is 0.466. The molecule has 0 aliphatic rings. The second kappa shape index (κ2) is 9.15. The summed E-state index contributed by atoms with van der Waals surface area (Å²) < 4.78 is 19.7. The first-order chi connectivity index (χ1) is 12.8. The van der Waals surface area contributed by atoms with E-state index in [0.717, 1.165) is 0 Å². The van der Waals surface area contributed by atoms with Crippen LogP contribution in [0, 0.1) is 12.7 Å². The van der Waals surface area contributed by atoms with Gasteiger partial charge in [0.15, 0.2) is 5.82 Å². The van der Waals surface area contributed by atoms with E-state index in [2.05, 4.69) is 22.1 Å². The van der Waals surface area contributed by atoms with Gasteiger partial charge in [0, 0.05) is 19.0 Å². The Labute approximate surface area is 155 Å². The lowest BCUT2D eigenvalue weighted by atomic mass is 10.1. The average molecular weight is 376 g/mol. The molecule has 0 spiro atoms. The molecular weight excluding hydrogens is 355 g/mol. The number of aliphatic hydroxyl groups is 2. The van der Waals surface area contributed by atoms with Crippen molar-refractivity contribution in [3.8, 4) is 5.75 Å². The third kappa shape index (κ3) is 6.08. The van der Waals surface area contributed by atoms with E-state index in [-0.39, 0.29) is 18.6 Å². The Morgan fingerprint density at radius 2 is 2.19 bits per heavy atom. The highest BCUT2D eigenvalue weighted by Crippen LogP contribution is 2.17. The van der Waals surface area contributed by atoms with Crippen LogP contribution in [0.3, 0.4) is 0 Å². The van der Waals surface area contributed by atoms with Crippen molar-refractivity contribution in [2.75, 3.05) is 0 Å². The molecule has 9 heteroatoms. The van der Waals surface area contributed by atoms with Crippen LogP contribution in [0.4, 0.5) is 4.39 Å². The molecule has 1 aromatic carbocycles. The monoisotopic (exact) mass is 376 g/mol. The maximum Gasteiger partial charge on any atom is 0.313 e. The van der Waals surface area contributed by atoms with Crippen LogP contribution >= 0.6 is 0 Å². The fraction of sp³-hybridized carbons (Fsp3) is 0.333. The van der Waals surface area contributed by atoms with Gasteiger partial charge in [-0.2, -0.15) is 0 Å². The topological polar surface area (TPSA) is 110 Å². The van der Waals surface area contributed by atoms with Gasteiger partial charge in [-0.15, -0.1) is 5.10 Å². The molecule has 2 unspecified atom stereocenters. The molecule has 2 rings (SSSR count). The Morgan fingerprint density at radius 1 is 1.44 bits per heavy atom. The average Bonchev–Trinajstić information content (AvgIpc) is 3.02. The van der Waals surface area contributed by atoms with E-state index in [1.165, 1.54) is 35.0 Å². The predicted molar refractivity (Wildman–Crippen MR) is 95.0 cm³/mol. The first kappa shape index (κ1) is 20.4. The highest BCUT2D eigenvalue weighted by Gasteiger charge is 2.16. The van der Waals surface area contributed by atoms with Crippen molar-refractivity contribution in [1.29, 1.82) is 0 Å². The van der Waals surface area contributed by atoms with Crippen LogP contribution in [0.1, 0.15) is 24.2 Å². The van der Waals surface area contributed by atoms with E-state index >= 15 is 0 Å². The van der Waals surface area contributed by atoms with Crippen LogP contribution < -0.4 is 4.74 Å². The summed E-state index contributed by atoms with van der Waals surface area (Å²) in [5.41, 5.74) is 0.835. The number of aliphatic hydroxyl groups excluding tert-OH is 2. The molecule has 2 aromatic rings. The Kier molecular flexibility index (Phi) is 6.91. The van der Waals surface area contributed by atoms with Crippen LogP contribution in [0.2, 0.25) is 0 Å². The first-order valence-corrected chi connectivity index (χ1v) is 8.19. The summed E-state index contributed by atoms with van der Waals surface area (Å²) in [6, 6.07) is 3.92. The Hall–Kier alpha value is -2.91. The second-order valence-corrected chi connectivity index (χ2v) is 6.06. The number of tetrazole rings is 1. The molecule has 2 atom stereocenters. The van der Waals surface area contributed by atoms with Gasteiger partial charge in [-0.25, -0.2) is 9.07 Å². The SMILES string of the molecule is C=C(C=CC(O)CC(O)CC(=O)Oc1ccc(F)c(C)c1)c1nnnn1C. The number of esters is 1. The van der Waals surface area contributed by atoms with Crippen LogP contribution in [0.15, 0.2) is 36.9 Å². The molecule has 27 heavy (non-hydrogen) atoms. The maximum atomic E-state index is 13.2. The van der Waals surface area contributed by atoms with Crippen molar-refractivity contribution >= 4 is 11.5 Å². The Bertz CT molecular complexity index is 850. The fourth-order valence-electron chi connectivity index (χ4n) is 2.29. The molecule has 0 fully saturated rings. The van der Waals surface area contributed by atoms with E-state index in [4.69, 9.17) is 4.74 Å². The van der Waals surface area contributed by atoms with Gasteiger partial charge in [0.25, 0.3) is 0 Å². The number of hydrogen-bond donors (Lipinski definition) is 2. The van der Waals surface area contributed by atoms with Gasteiger partial charge in [0.1, 0.15) is 11.6 Å². The number of aromatic nitrogens is 4. The van der Waals surface area contributed by atoms with Crippen molar-refractivity contribution in [3.05, 3.63) is 54.1 Å². The van der Waals surface area contributed by atoms with E-state index < -0.39 is 24.0 Å². The molecule has 1 heterocycles. The van der Waals surface area contributed by atoms with Gasteiger partial charge >= 0.3 is 5.97 Å². The fourth-order valence-corrected chi connectivity index (χ4v) is 2.29. The van der Waals surface area contributed by atoms with E-state index in [1.54, 1.807) is 14.0 Å². The van der Waals surface area contributed by atoms with Crippen molar-refractivity contribution in [3.63, 3.8) is 0 Å². The quantitative estimate of drug-likeness (QED) is 0.406. The number of allylic oxidation sites excluding steroid dienone is 2. The van der Waals surface area contributed by atoms with Gasteiger partial charge in [0.2, 0.25) is 0 Å². The van der Waals surface area contributed by atoms with Gasteiger partial charge < -0.3 is 14.9 Å². The normalized spacial score (nSPS) is 13.5. The molecule has 8 nitrogen and oxygen atoms in total. The highest BCUT2D eigenvalue weighted by atomic mass is 19.1. The molecule has 0 saturated carbocycles. The number of carbonyl (C=O) groups is 1. The lowest BCUT2D eigenvalue weighted by molar-refractivity contribution is -0.136. The number of nitrogens with zero attached hydrogens (tertiary/aromatic N) is 4. The largest absolute Gasteiger partial charge is 0.426 e. The summed E-state index contributed by atoms with van der Waals surface area (Å²) in [4.78, 5) is 11.8.